The Hall–Kier alpha value is -0.480. The summed E-state index contributed by atoms with van der Waals surface area (Å²) >= 11 is 3.15. The molecule has 1 nitrogen and oxygen atoms in total. The number of nitrogens with two attached hydrogens (primary N) is 1. The topological polar surface area (TPSA) is 26.0 Å². The van der Waals surface area contributed by atoms with Crippen LogP contribution in [0.15, 0.2) is 16.6 Å². The van der Waals surface area contributed by atoms with Crippen LogP contribution >= 0.6 is 15.9 Å². The highest BCUT2D eigenvalue weighted by molar-refractivity contribution is 9.10. The van der Waals surface area contributed by atoms with Crippen molar-refractivity contribution < 1.29 is 8.78 Å². The van der Waals surface area contributed by atoms with Gasteiger partial charge in [0, 0.05) is 5.56 Å². The molecule has 1 aromatic rings. The summed E-state index contributed by atoms with van der Waals surface area (Å²) in [6.07, 6.45) is 3.72. The predicted octanol–water partition coefficient (Wildman–Crippen LogP) is 4.92. The lowest BCUT2D eigenvalue weighted by Gasteiger charge is -2.37. The standard InChI is InChI=1S/C17H24BrF2N/c1-10(2)11-3-4-12(9-21)13(7-11)8-14-16(19)6-5-15(18)17(14)20/h5-6,10-13H,3-4,7-9,21H2,1-2H3. The average molecular weight is 360 g/mol. The van der Waals surface area contributed by atoms with Crippen molar-refractivity contribution in [3.05, 3.63) is 33.8 Å². The van der Waals surface area contributed by atoms with Gasteiger partial charge in [-0.05, 0) is 84.0 Å². The molecule has 1 aliphatic carbocycles. The second-order valence-electron chi connectivity index (χ2n) is 6.60. The van der Waals surface area contributed by atoms with Gasteiger partial charge in [-0.25, -0.2) is 8.78 Å². The molecule has 1 fully saturated rings. The second kappa shape index (κ2) is 7.19. The zero-order chi connectivity index (χ0) is 15.6. The third kappa shape index (κ3) is 3.84. The molecule has 3 atom stereocenters. The molecule has 2 rings (SSSR count). The molecule has 0 aromatic heterocycles. The van der Waals surface area contributed by atoms with Crippen LogP contribution in [0, 0.1) is 35.3 Å². The van der Waals surface area contributed by atoms with E-state index in [1.165, 1.54) is 18.6 Å². The smallest absolute Gasteiger partial charge is 0.143 e. The fraction of sp³-hybridized carbons (Fsp3) is 0.647. The van der Waals surface area contributed by atoms with E-state index in [1.54, 1.807) is 0 Å². The van der Waals surface area contributed by atoms with E-state index in [-0.39, 0.29) is 11.5 Å². The molecule has 0 radical (unpaired) electrons. The lowest BCUT2D eigenvalue weighted by atomic mass is 9.69. The number of hydrogen-bond acceptors (Lipinski definition) is 1. The van der Waals surface area contributed by atoms with Crippen LogP contribution in [0.3, 0.4) is 0 Å². The molecule has 0 amide bonds. The van der Waals surface area contributed by atoms with E-state index in [9.17, 15) is 8.78 Å². The first kappa shape index (κ1) is 16.9. The summed E-state index contributed by atoms with van der Waals surface area (Å²) in [7, 11) is 0. The van der Waals surface area contributed by atoms with Gasteiger partial charge in [0.25, 0.3) is 0 Å². The summed E-state index contributed by atoms with van der Waals surface area (Å²) in [6, 6.07) is 2.76. The molecular weight excluding hydrogens is 336 g/mol. The number of benzene rings is 1. The Balaban J connectivity index is 2.21. The molecule has 4 heteroatoms. The third-order valence-electron chi connectivity index (χ3n) is 5.03. The van der Waals surface area contributed by atoms with Crippen LogP contribution < -0.4 is 5.73 Å². The Labute approximate surface area is 134 Å². The number of hydrogen-bond donors (Lipinski definition) is 1. The molecule has 1 aromatic carbocycles. The fourth-order valence-corrected chi connectivity index (χ4v) is 3.92. The maximum absolute atomic E-state index is 14.2. The van der Waals surface area contributed by atoms with Gasteiger partial charge in [0.2, 0.25) is 0 Å². The molecule has 21 heavy (non-hydrogen) atoms. The first-order valence-corrected chi connectivity index (χ1v) is 8.55. The summed E-state index contributed by atoms with van der Waals surface area (Å²) in [6.45, 7) is 5.06. The largest absolute Gasteiger partial charge is 0.330 e. The summed E-state index contributed by atoms with van der Waals surface area (Å²) in [5.41, 5.74) is 6.08. The second-order valence-corrected chi connectivity index (χ2v) is 7.45. The molecule has 0 bridgehead atoms. The molecular formula is C17H24BrF2N. The van der Waals surface area contributed by atoms with Crippen molar-refractivity contribution in [1.82, 2.24) is 0 Å². The van der Waals surface area contributed by atoms with E-state index in [4.69, 9.17) is 5.73 Å². The van der Waals surface area contributed by atoms with Crippen LogP contribution in [-0.2, 0) is 6.42 Å². The lowest BCUT2D eigenvalue weighted by molar-refractivity contribution is 0.149. The minimum absolute atomic E-state index is 0.206. The van der Waals surface area contributed by atoms with E-state index in [1.807, 2.05) is 0 Å². The van der Waals surface area contributed by atoms with Gasteiger partial charge in [0.1, 0.15) is 11.6 Å². The van der Waals surface area contributed by atoms with E-state index >= 15 is 0 Å². The molecule has 1 saturated carbocycles. The number of halogens is 3. The van der Waals surface area contributed by atoms with E-state index in [0.29, 0.717) is 35.2 Å². The van der Waals surface area contributed by atoms with Gasteiger partial charge in [0.15, 0.2) is 0 Å². The zero-order valence-electron chi connectivity index (χ0n) is 12.7. The molecule has 1 aliphatic rings. The summed E-state index contributed by atoms with van der Waals surface area (Å²) in [5, 5.41) is 0. The van der Waals surface area contributed by atoms with Crippen LogP contribution in [0.5, 0.6) is 0 Å². The van der Waals surface area contributed by atoms with E-state index in [0.717, 1.165) is 12.8 Å². The van der Waals surface area contributed by atoms with Crippen LogP contribution in [0.25, 0.3) is 0 Å². The molecule has 3 unspecified atom stereocenters. The van der Waals surface area contributed by atoms with E-state index < -0.39 is 11.6 Å². The summed E-state index contributed by atoms with van der Waals surface area (Å²) < 4.78 is 28.5. The molecule has 2 N–H and O–H groups in total. The zero-order valence-corrected chi connectivity index (χ0v) is 14.3. The lowest BCUT2D eigenvalue weighted by Crippen LogP contribution is -2.33. The van der Waals surface area contributed by atoms with Crippen LogP contribution in [0.1, 0.15) is 38.7 Å². The Morgan fingerprint density at radius 3 is 2.57 bits per heavy atom. The van der Waals surface area contributed by atoms with Crippen LogP contribution in [0.2, 0.25) is 0 Å². The highest BCUT2D eigenvalue weighted by Crippen LogP contribution is 2.39. The van der Waals surface area contributed by atoms with Crippen molar-refractivity contribution in [3.8, 4) is 0 Å². The normalized spacial score (nSPS) is 26.3. The predicted molar refractivity (Wildman–Crippen MR) is 86.0 cm³/mol. The first-order chi connectivity index (χ1) is 9.93. The van der Waals surface area contributed by atoms with Crippen molar-refractivity contribution >= 4 is 15.9 Å². The van der Waals surface area contributed by atoms with Gasteiger partial charge < -0.3 is 5.73 Å². The quantitative estimate of drug-likeness (QED) is 0.758. The summed E-state index contributed by atoms with van der Waals surface area (Å²) in [5.74, 6) is 0.988. The van der Waals surface area contributed by atoms with Crippen molar-refractivity contribution in [2.24, 2.45) is 29.4 Å². The Morgan fingerprint density at radius 1 is 1.24 bits per heavy atom. The Bertz CT molecular complexity index is 490. The molecule has 0 spiro atoms. The van der Waals surface area contributed by atoms with Crippen molar-refractivity contribution in [2.75, 3.05) is 6.54 Å². The molecule has 0 saturated heterocycles. The third-order valence-corrected chi connectivity index (χ3v) is 5.64. The van der Waals surface area contributed by atoms with Crippen LogP contribution in [0.4, 0.5) is 8.78 Å². The number of rotatable bonds is 4. The highest BCUT2D eigenvalue weighted by Gasteiger charge is 2.32. The van der Waals surface area contributed by atoms with Gasteiger partial charge in [-0.15, -0.1) is 0 Å². The highest BCUT2D eigenvalue weighted by atomic mass is 79.9. The minimum Gasteiger partial charge on any atom is -0.330 e. The maximum Gasteiger partial charge on any atom is 0.143 e. The average Bonchev–Trinajstić information content (AvgIpc) is 2.47. The Kier molecular flexibility index (Phi) is 5.78. The monoisotopic (exact) mass is 359 g/mol. The van der Waals surface area contributed by atoms with Gasteiger partial charge in [-0.1, -0.05) is 13.8 Å². The van der Waals surface area contributed by atoms with Gasteiger partial charge >= 0.3 is 0 Å². The SMILES string of the molecule is CC(C)C1CCC(CN)C(Cc2c(F)ccc(Br)c2F)C1. The minimum atomic E-state index is -0.461. The molecule has 0 aliphatic heterocycles. The fourth-order valence-electron chi connectivity index (χ4n) is 3.55. The van der Waals surface area contributed by atoms with Gasteiger partial charge in [-0.2, -0.15) is 0 Å². The van der Waals surface area contributed by atoms with E-state index in [2.05, 4.69) is 29.8 Å². The van der Waals surface area contributed by atoms with Gasteiger partial charge in [-0.3, -0.25) is 0 Å². The van der Waals surface area contributed by atoms with Gasteiger partial charge in [0.05, 0.1) is 4.47 Å². The maximum atomic E-state index is 14.2. The van der Waals surface area contributed by atoms with Crippen molar-refractivity contribution in [1.29, 1.82) is 0 Å². The van der Waals surface area contributed by atoms with Crippen LogP contribution in [-0.4, -0.2) is 6.54 Å². The van der Waals surface area contributed by atoms with Crippen molar-refractivity contribution in [3.63, 3.8) is 0 Å². The van der Waals surface area contributed by atoms with Crippen molar-refractivity contribution in [2.45, 2.75) is 39.5 Å². The molecule has 0 heterocycles. The summed E-state index contributed by atoms with van der Waals surface area (Å²) in [4.78, 5) is 0. The Morgan fingerprint density at radius 2 is 1.95 bits per heavy atom. The molecule has 118 valence electrons. The first-order valence-electron chi connectivity index (χ1n) is 7.76.